The number of hydrogen-bond donors (Lipinski definition) is 0. The summed E-state index contributed by atoms with van der Waals surface area (Å²) in [4.78, 5) is 0. The first-order chi connectivity index (χ1) is 8.95. The van der Waals surface area contributed by atoms with E-state index in [9.17, 15) is 0 Å². The highest BCUT2D eigenvalue weighted by Crippen LogP contribution is 2.22. The minimum absolute atomic E-state index is 1.25. The van der Waals surface area contributed by atoms with Gasteiger partial charge in [0.2, 0.25) is 0 Å². The molecule has 0 spiro atoms. The molecule has 0 aliphatic heterocycles. The molecule has 0 unspecified atom stereocenters. The van der Waals surface area contributed by atoms with Crippen LogP contribution in [0.5, 0.6) is 0 Å². The average molecular weight is 230 g/mol. The molecule has 0 radical (unpaired) electrons. The molecule has 0 bridgehead atoms. The summed E-state index contributed by atoms with van der Waals surface area (Å²) in [5, 5.41) is 5.04. The second-order valence-electron chi connectivity index (χ2n) is 4.28. The van der Waals surface area contributed by atoms with Gasteiger partial charge in [0.05, 0.1) is 0 Å². The quantitative estimate of drug-likeness (QED) is 0.503. The van der Waals surface area contributed by atoms with Gasteiger partial charge in [0.15, 0.2) is 0 Å². The van der Waals surface area contributed by atoms with Crippen LogP contribution in [0.25, 0.3) is 21.5 Å². The Labute approximate surface area is 107 Å². The van der Waals surface area contributed by atoms with Crippen LogP contribution in [-0.2, 0) is 0 Å². The molecular weight excluding hydrogens is 216 g/mol. The van der Waals surface area contributed by atoms with E-state index in [1.54, 1.807) is 0 Å². The molecule has 0 aliphatic carbocycles. The fraction of sp³-hybridized carbons (Fsp3) is 0. The molecule has 0 aromatic heterocycles. The van der Waals surface area contributed by atoms with Gasteiger partial charge in [0, 0.05) is 0 Å². The summed E-state index contributed by atoms with van der Waals surface area (Å²) in [6.45, 7) is 0. The van der Waals surface area contributed by atoms with Gasteiger partial charge in [-0.15, -0.1) is 0 Å². The van der Waals surface area contributed by atoms with Gasteiger partial charge < -0.3 is 0 Å². The topological polar surface area (TPSA) is 0 Å². The Hall–Kier alpha value is -2.34. The van der Waals surface area contributed by atoms with Gasteiger partial charge >= 0.3 is 0 Å². The van der Waals surface area contributed by atoms with Crippen molar-refractivity contribution in [2.75, 3.05) is 0 Å². The van der Waals surface area contributed by atoms with Crippen molar-refractivity contribution >= 4 is 21.5 Å². The van der Waals surface area contributed by atoms with Crippen LogP contribution in [0.3, 0.4) is 0 Å². The average Bonchev–Trinajstić information content (AvgIpc) is 2.64. The third kappa shape index (κ3) is 2.05. The normalized spacial score (nSPS) is 10.2. The van der Waals surface area contributed by atoms with Crippen molar-refractivity contribution in [3.05, 3.63) is 84.9 Å². The summed E-state index contributed by atoms with van der Waals surface area (Å²) in [7, 11) is 0. The lowest BCUT2D eigenvalue weighted by Crippen LogP contribution is -1.64. The van der Waals surface area contributed by atoms with Crippen molar-refractivity contribution in [1.29, 1.82) is 0 Å². The molecule has 0 heterocycles. The van der Waals surface area contributed by atoms with Crippen LogP contribution in [0.2, 0.25) is 0 Å². The highest BCUT2D eigenvalue weighted by Gasteiger charge is 1.94. The van der Waals surface area contributed by atoms with Gasteiger partial charge in [-0.3, -0.25) is 0 Å². The van der Waals surface area contributed by atoms with Crippen LogP contribution in [0.1, 0.15) is 0 Å². The van der Waals surface area contributed by atoms with Crippen LogP contribution in [0.15, 0.2) is 84.9 Å². The fourth-order valence-electron chi connectivity index (χ4n) is 2.25. The fourth-order valence-corrected chi connectivity index (χ4v) is 2.25. The van der Waals surface area contributed by atoms with Crippen molar-refractivity contribution in [3.8, 4) is 0 Å². The lowest BCUT2D eigenvalue weighted by atomic mass is 10.1. The highest BCUT2D eigenvalue weighted by molar-refractivity contribution is 6.07. The standard InChI is InChI=1S/C18H14/c1-2-4-10-16-12-6-8-14-17-13-7-5-11-15(9-3-1)18(16)17/h1-14H. The molecule has 0 heteroatoms. The Kier molecular flexibility index (Phi) is 2.93. The molecule has 3 aromatic carbocycles. The second-order valence-corrected chi connectivity index (χ2v) is 4.28. The largest absolute Gasteiger partial charge is 0.0622 e. The summed E-state index contributed by atoms with van der Waals surface area (Å²) < 4.78 is 0. The minimum Gasteiger partial charge on any atom is -0.0622 e. The summed E-state index contributed by atoms with van der Waals surface area (Å²) in [6.07, 6.45) is 0. The second kappa shape index (κ2) is 4.89. The van der Waals surface area contributed by atoms with Gasteiger partial charge in [-0.05, 0) is 21.5 Å². The van der Waals surface area contributed by atoms with E-state index in [0.29, 0.717) is 0 Å². The van der Waals surface area contributed by atoms with Crippen LogP contribution in [-0.4, -0.2) is 0 Å². The Morgan fingerprint density at radius 1 is 0.333 bits per heavy atom. The molecule has 18 heavy (non-hydrogen) atoms. The molecule has 0 saturated carbocycles. The van der Waals surface area contributed by atoms with E-state index >= 15 is 0 Å². The van der Waals surface area contributed by atoms with Crippen molar-refractivity contribution < 1.29 is 0 Å². The zero-order valence-corrected chi connectivity index (χ0v) is 10.1. The van der Waals surface area contributed by atoms with Crippen LogP contribution in [0, 0.1) is 0 Å². The van der Waals surface area contributed by atoms with Gasteiger partial charge in [-0.1, -0.05) is 84.9 Å². The molecule has 86 valence electrons. The SMILES string of the molecule is c1cccc2ccccc3ccccc(cc1)c23. The van der Waals surface area contributed by atoms with E-state index in [4.69, 9.17) is 0 Å². The molecule has 0 atom stereocenters. The first-order valence-corrected chi connectivity index (χ1v) is 6.15. The van der Waals surface area contributed by atoms with Gasteiger partial charge in [-0.2, -0.15) is 0 Å². The predicted molar refractivity (Wildman–Crippen MR) is 79.1 cm³/mol. The van der Waals surface area contributed by atoms with Gasteiger partial charge in [-0.25, -0.2) is 0 Å². The van der Waals surface area contributed by atoms with Crippen molar-refractivity contribution in [2.24, 2.45) is 0 Å². The lowest BCUT2D eigenvalue weighted by molar-refractivity contribution is 1.82. The molecule has 3 rings (SSSR count). The highest BCUT2D eigenvalue weighted by atomic mass is 14.0. The summed E-state index contributed by atoms with van der Waals surface area (Å²) in [6, 6.07) is 29.6. The van der Waals surface area contributed by atoms with E-state index < -0.39 is 0 Å². The monoisotopic (exact) mass is 230 g/mol. The van der Waals surface area contributed by atoms with E-state index in [0.717, 1.165) is 0 Å². The lowest BCUT2D eigenvalue weighted by Gasteiger charge is -1.92. The third-order valence-corrected chi connectivity index (χ3v) is 3.08. The maximum atomic E-state index is 2.16. The molecule has 0 nitrogen and oxygen atoms in total. The predicted octanol–water partition coefficient (Wildman–Crippen LogP) is 5.12. The third-order valence-electron chi connectivity index (χ3n) is 3.08. The Morgan fingerprint density at radius 2 is 0.611 bits per heavy atom. The Bertz CT molecular complexity index is 679. The van der Waals surface area contributed by atoms with Crippen molar-refractivity contribution in [2.45, 2.75) is 0 Å². The maximum Gasteiger partial charge on any atom is -0.00389 e. The molecule has 0 saturated heterocycles. The first kappa shape index (κ1) is 10.8. The number of rotatable bonds is 0. The minimum atomic E-state index is 1.25. The Morgan fingerprint density at radius 3 is 0.944 bits per heavy atom. The molecule has 0 aliphatic rings. The van der Waals surface area contributed by atoms with Crippen molar-refractivity contribution in [1.82, 2.24) is 0 Å². The molecule has 0 amide bonds. The molecule has 3 aromatic rings. The summed E-state index contributed by atoms with van der Waals surface area (Å²) in [5.41, 5.74) is 0. The van der Waals surface area contributed by atoms with Crippen molar-refractivity contribution in [3.63, 3.8) is 0 Å². The van der Waals surface area contributed by atoms with E-state index in [2.05, 4.69) is 84.9 Å². The zero-order valence-electron chi connectivity index (χ0n) is 10.1. The van der Waals surface area contributed by atoms with Crippen LogP contribution < -0.4 is 0 Å². The zero-order chi connectivity index (χ0) is 12.2. The Balaban J connectivity index is 2.72. The van der Waals surface area contributed by atoms with Crippen LogP contribution in [0.4, 0.5) is 0 Å². The van der Waals surface area contributed by atoms with Crippen LogP contribution >= 0.6 is 0 Å². The smallest absolute Gasteiger partial charge is 0.00389 e. The summed E-state index contributed by atoms with van der Waals surface area (Å²) >= 11 is 0. The van der Waals surface area contributed by atoms with Gasteiger partial charge in [0.1, 0.15) is 0 Å². The molecule has 0 fully saturated rings. The van der Waals surface area contributed by atoms with Gasteiger partial charge in [0.25, 0.3) is 0 Å². The summed E-state index contributed by atoms with van der Waals surface area (Å²) in [5.74, 6) is 0. The number of hydrogen-bond acceptors (Lipinski definition) is 0. The maximum absolute atomic E-state index is 2.16. The molecular formula is C18H14. The molecule has 0 N–H and O–H groups in total. The first-order valence-electron chi connectivity index (χ1n) is 6.15. The van der Waals surface area contributed by atoms with E-state index in [-0.39, 0.29) is 0 Å². The van der Waals surface area contributed by atoms with E-state index in [1.165, 1.54) is 21.5 Å². The van der Waals surface area contributed by atoms with E-state index in [1.807, 2.05) is 0 Å².